The molecule has 12 rings (SSSR count). The summed E-state index contributed by atoms with van der Waals surface area (Å²) < 4.78 is 136. The van der Waals surface area contributed by atoms with Crippen LogP contribution in [0.25, 0.3) is 0 Å². The van der Waals surface area contributed by atoms with Crippen molar-refractivity contribution in [1.29, 1.82) is 0 Å². The lowest BCUT2D eigenvalue weighted by atomic mass is 9.87. The summed E-state index contributed by atoms with van der Waals surface area (Å²) >= 11 is 0. The van der Waals surface area contributed by atoms with Crippen molar-refractivity contribution in [2.24, 2.45) is 0 Å². The first-order chi connectivity index (χ1) is 46.4. The van der Waals surface area contributed by atoms with E-state index in [2.05, 4.69) is 0 Å². The predicted octanol–water partition coefficient (Wildman–Crippen LogP) is 5.87. The molecule has 12 aliphatic heterocycles. The number of methoxy groups -OCH3 is 6. The van der Waals surface area contributed by atoms with Crippen molar-refractivity contribution in [3.63, 3.8) is 0 Å². The van der Waals surface area contributed by atoms with Crippen molar-refractivity contribution in [2.75, 3.05) is 49.3 Å². The number of ketones is 1. The molecule has 0 aromatic rings. The number of ether oxygens (including phenoxy) is 24. The number of aliphatic hydroxyl groups excluding tert-OH is 4. The second-order valence-electron chi connectivity index (χ2n) is 30.2. The molecule has 27 atom stereocenters. The summed E-state index contributed by atoms with van der Waals surface area (Å²) in [5.74, 6) is -4.06. The summed E-state index contributed by atoms with van der Waals surface area (Å²) in [6.07, 6.45) is -4.29. The molecule has 30 heteroatoms. The highest BCUT2D eigenvalue weighted by Crippen LogP contribution is 2.52. The maximum Gasteiger partial charge on any atom is 0.191 e. The summed E-state index contributed by atoms with van der Waals surface area (Å²) in [4.78, 5) is 23.1. The largest absolute Gasteiger partial charge is 0.393 e. The Labute approximate surface area is 591 Å². The number of hydrogen-bond donors (Lipinski definition) is 4. The van der Waals surface area contributed by atoms with Crippen LogP contribution in [-0.2, 0) is 123 Å². The first-order valence-electron chi connectivity index (χ1n) is 35.4. The Morgan fingerprint density at radius 3 is 0.840 bits per heavy atom. The highest BCUT2D eigenvalue weighted by molar-refractivity contribution is 5.86. The number of aldehydes is 1. The average molecular weight is 1450 g/mol. The zero-order valence-electron chi connectivity index (χ0n) is 64.6. The molecule has 0 unspecified atom stereocenters. The van der Waals surface area contributed by atoms with Crippen LogP contribution in [0.5, 0.6) is 0 Å². The number of hydrogen-bond acceptors (Lipinski definition) is 30. The van der Waals surface area contributed by atoms with Crippen molar-refractivity contribution >= 4 is 12.1 Å². The fourth-order valence-electron chi connectivity index (χ4n) is 16.3. The molecule has 0 amide bonds. The predicted molar refractivity (Wildman–Crippen MR) is 351 cm³/mol. The fraction of sp³-hybridized carbons (Fsp3) is 0.971. The molecule has 4 N–H and O–H groups in total. The van der Waals surface area contributed by atoms with E-state index in [1.807, 2.05) is 125 Å². The van der Waals surface area contributed by atoms with Crippen LogP contribution in [0, 0.1) is 0 Å². The van der Waals surface area contributed by atoms with Crippen molar-refractivity contribution in [3.8, 4) is 0 Å². The summed E-state index contributed by atoms with van der Waals surface area (Å²) in [5, 5.41) is 39.4. The van der Waals surface area contributed by atoms with Gasteiger partial charge in [0.2, 0.25) is 0 Å². The van der Waals surface area contributed by atoms with E-state index in [1.54, 1.807) is 63.4 Å². The highest BCUT2D eigenvalue weighted by Gasteiger charge is 2.69. The van der Waals surface area contributed by atoms with Gasteiger partial charge in [-0.3, -0.25) is 4.79 Å². The number of aliphatic hydroxyl groups is 4. The van der Waals surface area contributed by atoms with Gasteiger partial charge in [0.1, 0.15) is 95.7 Å². The lowest BCUT2D eigenvalue weighted by Gasteiger charge is -2.37. The molecule has 0 aromatic heterocycles. The van der Waals surface area contributed by atoms with Gasteiger partial charge in [-0.05, 0) is 149 Å². The van der Waals surface area contributed by atoms with Gasteiger partial charge in [-0.2, -0.15) is 0 Å². The average Bonchev–Trinajstić information content (AvgIpc) is 1.63. The molecule has 12 aliphatic rings. The molecule has 100 heavy (non-hydrogen) atoms. The fourth-order valence-corrected chi connectivity index (χ4v) is 16.3. The lowest BCUT2D eigenvalue weighted by Crippen LogP contribution is -2.52. The molecule has 0 aromatic carbocycles. The Kier molecular flexibility index (Phi) is 27.2. The van der Waals surface area contributed by atoms with E-state index in [0.717, 1.165) is 6.29 Å². The minimum atomic E-state index is -0.944. The van der Waals surface area contributed by atoms with Gasteiger partial charge < -0.3 is 139 Å². The normalized spacial score (nSPS) is 45.5. The van der Waals surface area contributed by atoms with Crippen LogP contribution < -0.4 is 0 Å². The van der Waals surface area contributed by atoms with Gasteiger partial charge in [-0.1, -0.05) is 41.5 Å². The number of carbonyl (C=O) groups excluding carboxylic acids is 2. The summed E-state index contributed by atoms with van der Waals surface area (Å²) in [6, 6.07) is 0. The van der Waals surface area contributed by atoms with E-state index in [1.165, 1.54) is 6.92 Å². The lowest BCUT2D eigenvalue weighted by molar-refractivity contribution is -0.259. The molecule has 30 nitrogen and oxygen atoms in total. The van der Waals surface area contributed by atoms with E-state index in [-0.39, 0.29) is 73.4 Å². The zero-order valence-corrected chi connectivity index (χ0v) is 64.6. The molecule has 584 valence electrons. The van der Waals surface area contributed by atoms with Gasteiger partial charge in [-0.15, -0.1) is 0 Å². The van der Waals surface area contributed by atoms with Crippen molar-refractivity contribution < 1.29 is 144 Å². The highest BCUT2D eigenvalue weighted by atomic mass is 16.9. The summed E-state index contributed by atoms with van der Waals surface area (Å²) in [6.45, 7) is 40.2. The molecular weight excluding hydrogens is 1320 g/mol. The molecule has 12 heterocycles. The molecule has 0 saturated carbocycles. The molecule has 12 saturated heterocycles. The van der Waals surface area contributed by atoms with Crippen LogP contribution in [-0.4, -0.2) is 279 Å². The Bertz CT molecular complexity index is 2520. The van der Waals surface area contributed by atoms with Crippen LogP contribution in [0.15, 0.2) is 0 Å². The topological polar surface area (TPSA) is 337 Å². The molecule has 0 bridgehead atoms. The Morgan fingerprint density at radius 2 is 0.610 bits per heavy atom. The number of fused-ring (bicyclic) bond motifs is 6. The second kappa shape index (κ2) is 31.8. The van der Waals surface area contributed by atoms with E-state index in [0.29, 0.717) is 38.5 Å². The molecule has 0 radical (unpaired) electrons. The Hall–Kier alpha value is -1.78. The maximum atomic E-state index is 11.8. The third-order valence-corrected chi connectivity index (χ3v) is 21.3. The van der Waals surface area contributed by atoms with Crippen LogP contribution in [0.1, 0.15) is 191 Å². The van der Waals surface area contributed by atoms with Gasteiger partial charge in [0.25, 0.3) is 0 Å². The third kappa shape index (κ3) is 16.2. The monoisotopic (exact) mass is 1440 g/mol. The number of carbonyl (C=O) groups is 2. The minimum absolute atomic E-state index is 0.0498. The Morgan fingerprint density at radius 1 is 0.350 bits per heavy atom. The van der Waals surface area contributed by atoms with Gasteiger partial charge in [0.05, 0.1) is 24.9 Å². The van der Waals surface area contributed by atoms with Crippen LogP contribution in [0.4, 0.5) is 0 Å². The SMILES string of the molecule is CC[C@@]1(C(C)=O)O[C@@H]2OC(C)(C)O[C@@H]2[C@@H]1OC.CC[C@@]1(C=O)O[C@@H]2OC(C)(C)O[C@@H]2[C@@H]1OC.CC[C@@]1(CO)O[C@@H]2OC(C)(C)O[C@@H]2[C@@H]1OC.CC[C@@]1([C@@H](C)O)O[C@@H]2OC(C)(C)O[C@@H]2[C@@H]1OC.CC[C@@]1([C@@H](C)O)O[C@@H]2OC(C)(C)O[C@@H]2[C@@H]1OC.CC[C@@]1([C@H](C)O)O[C@@H]2OC(C)(C)O[C@@H]2[C@@H]1OC. The van der Waals surface area contributed by atoms with E-state index in [9.17, 15) is 30.0 Å². The first-order valence-corrected chi connectivity index (χ1v) is 35.4. The second-order valence-corrected chi connectivity index (χ2v) is 30.2. The maximum absolute atomic E-state index is 11.8. The smallest absolute Gasteiger partial charge is 0.191 e. The number of rotatable bonds is 18. The molecule has 0 aliphatic carbocycles. The first kappa shape index (κ1) is 85.5. The van der Waals surface area contributed by atoms with E-state index >= 15 is 0 Å². The zero-order chi connectivity index (χ0) is 75.3. The van der Waals surface area contributed by atoms with Crippen molar-refractivity contribution in [2.45, 2.75) is 388 Å². The van der Waals surface area contributed by atoms with Gasteiger partial charge >= 0.3 is 0 Å². The standard InChI is InChI=1S/3C12H22O5.C12H20O5.C11H20O5.C11H18O5/c4*1-6-12(7(2)13)9(14-5)8-10(17-12)16-11(3,4)15-8;2*1-5-11(6-12)8(13-4)7-9(16-11)15-10(2,3)14-7/h3*7-10,13H,6H2,1-5H3;8-10H,6H2,1-5H3;7-9,12H,5-6H2,1-4H3;6-9H,5H2,1-4H3/t7-,8+,9-,10-,12-;2*7-,8-,9+,10+,12+;8-,9+,10+,12+;2*7-,8+,9+,11+/m011111/s1. The van der Waals surface area contributed by atoms with Gasteiger partial charge in [-0.25, -0.2) is 0 Å². The summed E-state index contributed by atoms with van der Waals surface area (Å²) in [5.41, 5.74) is -4.84. The van der Waals surface area contributed by atoms with Gasteiger partial charge in [0, 0.05) is 42.7 Å². The molecular formula is C70H124O30. The Balaban J connectivity index is 0.000000169. The van der Waals surface area contributed by atoms with Crippen LogP contribution in [0.2, 0.25) is 0 Å². The van der Waals surface area contributed by atoms with E-state index in [4.69, 9.17) is 114 Å². The molecule has 0 spiro atoms. The minimum Gasteiger partial charge on any atom is -0.393 e. The van der Waals surface area contributed by atoms with E-state index < -0.39 is 137 Å². The third-order valence-electron chi connectivity index (χ3n) is 21.3. The van der Waals surface area contributed by atoms with Crippen LogP contribution >= 0.6 is 0 Å². The molecule has 12 fully saturated rings. The number of Topliss-reactive ketones (excluding diaryl/α,β-unsaturated/α-hetero) is 1. The van der Waals surface area contributed by atoms with Crippen molar-refractivity contribution in [1.82, 2.24) is 0 Å². The quantitative estimate of drug-likeness (QED) is 0.117. The van der Waals surface area contributed by atoms with Crippen LogP contribution in [0.3, 0.4) is 0 Å². The van der Waals surface area contributed by atoms with Gasteiger partial charge in [0.15, 0.2) is 95.7 Å². The van der Waals surface area contributed by atoms with Crippen molar-refractivity contribution in [3.05, 3.63) is 0 Å². The summed E-state index contributed by atoms with van der Waals surface area (Å²) in [7, 11) is 9.55.